The van der Waals surface area contributed by atoms with Crippen molar-refractivity contribution in [1.29, 1.82) is 0 Å². The fourth-order valence-corrected chi connectivity index (χ4v) is 5.13. The summed E-state index contributed by atoms with van der Waals surface area (Å²) in [5.41, 5.74) is 2.96. The van der Waals surface area contributed by atoms with Crippen LogP contribution in [0.25, 0.3) is 0 Å². The largest absolute Gasteiger partial charge is 0.417 e. The minimum absolute atomic E-state index is 0.0647. The first-order valence-electron chi connectivity index (χ1n) is 9.93. The van der Waals surface area contributed by atoms with Crippen LogP contribution < -0.4 is 11.1 Å². The second-order valence-electron chi connectivity index (χ2n) is 8.06. The summed E-state index contributed by atoms with van der Waals surface area (Å²) < 4.78 is 86.8. The number of carbonyl (C=O) groups is 1. The number of anilines is 1. The van der Waals surface area contributed by atoms with E-state index < -0.39 is 46.9 Å². The molecular formula is C21H18F6N4O2S. The number of aliphatic imine (C=N–C) groups is 1. The molecule has 4 rings (SSSR count). The zero-order valence-corrected chi connectivity index (χ0v) is 18.3. The average molecular weight is 504 g/mol. The summed E-state index contributed by atoms with van der Waals surface area (Å²) in [6.07, 6.45) is -5.61. The molecule has 2 aliphatic rings. The summed E-state index contributed by atoms with van der Waals surface area (Å²) in [4.78, 5) is 20.3. The number of hydrogen-bond acceptors (Lipinski definition) is 6. The zero-order valence-electron chi connectivity index (χ0n) is 17.5. The summed E-state index contributed by atoms with van der Waals surface area (Å²) in [5.74, 6) is -5.60. The molecule has 2 aromatic rings. The summed E-state index contributed by atoms with van der Waals surface area (Å²) in [7, 11) is 0. The Labute approximate surface area is 194 Å². The van der Waals surface area contributed by atoms with E-state index in [0.29, 0.717) is 19.2 Å². The molecule has 0 bridgehead atoms. The first kappa shape index (κ1) is 24.3. The van der Waals surface area contributed by atoms with Gasteiger partial charge in [-0.1, -0.05) is 11.8 Å². The van der Waals surface area contributed by atoms with Crippen LogP contribution in [0.5, 0.6) is 0 Å². The molecule has 6 nitrogen and oxygen atoms in total. The van der Waals surface area contributed by atoms with E-state index in [4.69, 9.17) is 10.5 Å². The van der Waals surface area contributed by atoms with Crippen LogP contribution in [0, 0.1) is 11.7 Å². The van der Waals surface area contributed by atoms with Gasteiger partial charge in [0.15, 0.2) is 5.17 Å². The van der Waals surface area contributed by atoms with E-state index in [1.165, 1.54) is 12.1 Å². The van der Waals surface area contributed by atoms with Crippen LogP contribution in [0.3, 0.4) is 0 Å². The number of nitrogens with zero attached hydrogens (tertiary/aromatic N) is 2. The van der Waals surface area contributed by atoms with Gasteiger partial charge in [-0.2, -0.15) is 13.2 Å². The van der Waals surface area contributed by atoms with Gasteiger partial charge in [0.1, 0.15) is 23.2 Å². The van der Waals surface area contributed by atoms with Crippen LogP contribution in [0.4, 0.5) is 32.0 Å². The molecule has 3 heterocycles. The second kappa shape index (κ2) is 8.45. The van der Waals surface area contributed by atoms with Gasteiger partial charge < -0.3 is 15.8 Å². The number of amidine groups is 1. The van der Waals surface area contributed by atoms with Gasteiger partial charge in [-0.05, 0) is 30.3 Å². The number of amides is 1. The highest BCUT2D eigenvalue weighted by Crippen LogP contribution is 2.51. The Kier molecular flexibility index (Phi) is 6.05. The number of rotatable bonds is 4. The van der Waals surface area contributed by atoms with Gasteiger partial charge in [0.25, 0.3) is 11.8 Å². The van der Waals surface area contributed by atoms with Crippen molar-refractivity contribution < 1.29 is 35.9 Å². The molecule has 0 unspecified atom stereocenters. The van der Waals surface area contributed by atoms with Crippen molar-refractivity contribution in [2.45, 2.75) is 30.7 Å². The summed E-state index contributed by atoms with van der Waals surface area (Å²) in [6.45, 7) is 0.367. The predicted octanol–water partition coefficient (Wildman–Crippen LogP) is 4.42. The van der Waals surface area contributed by atoms with Gasteiger partial charge in [-0.3, -0.25) is 9.78 Å². The Hall–Kier alpha value is -2.80. The number of halogens is 6. The van der Waals surface area contributed by atoms with Gasteiger partial charge in [-0.15, -0.1) is 0 Å². The number of fused-ring (bicyclic) bond motifs is 1. The molecule has 1 aromatic heterocycles. The lowest BCUT2D eigenvalue weighted by atomic mass is 9.77. The molecular weight excluding hydrogens is 486 g/mol. The summed E-state index contributed by atoms with van der Waals surface area (Å²) in [6, 6.07) is 5.09. The number of pyridine rings is 1. The van der Waals surface area contributed by atoms with E-state index in [1.807, 2.05) is 0 Å². The Bertz CT molecular complexity index is 1140. The van der Waals surface area contributed by atoms with Crippen LogP contribution in [0.15, 0.2) is 41.5 Å². The van der Waals surface area contributed by atoms with E-state index in [1.54, 1.807) is 0 Å². The van der Waals surface area contributed by atoms with E-state index in [-0.39, 0.29) is 34.5 Å². The number of benzene rings is 1. The molecule has 2 aliphatic heterocycles. The number of ether oxygens (including phenoxy) is 1. The standard InChI is InChI=1S/C21H18F6N4O2S/c1-19(23,24)16-13-8-34-18(28)31-20(13,9-33-16)12-6-11(3-4-14(12)22)30-17(32)15-5-2-10(7-29-15)21(25,26)27/h2-7,13,16H,8-9H2,1H3,(H2,28,31)(H,30,32)/t13-,16+,20-/m1/s1. The highest BCUT2D eigenvalue weighted by molar-refractivity contribution is 8.13. The van der Waals surface area contributed by atoms with Gasteiger partial charge in [0.05, 0.1) is 12.2 Å². The quantitative estimate of drug-likeness (QED) is 0.602. The molecule has 0 aliphatic carbocycles. The van der Waals surface area contributed by atoms with Crippen LogP contribution in [-0.2, 0) is 16.5 Å². The fraction of sp³-hybridized carbons (Fsp3) is 0.381. The Balaban J connectivity index is 1.66. The van der Waals surface area contributed by atoms with Gasteiger partial charge in [-0.25, -0.2) is 18.2 Å². The molecule has 1 aromatic carbocycles. The number of nitrogens with one attached hydrogen (secondary N) is 1. The second-order valence-corrected chi connectivity index (χ2v) is 9.10. The van der Waals surface area contributed by atoms with Crippen LogP contribution in [0.2, 0.25) is 0 Å². The number of carbonyl (C=O) groups excluding carboxylic acids is 1. The van der Waals surface area contributed by atoms with Crippen LogP contribution in [0.1, 0.15) is 28.5 Å². The van der Waals surface area contributed by atoms with Crippen molar-refractivity contribution in [1.82, 2.24) is 4.98 Å². The summed E-state index contributed by atoms with van der Waals surface area (Å²) in [5, 5.41) is 2.51. The monoisotopic (exact) mass is 504 g/mol. The molecule has 13 heteroatoms. The predicted molar refractivity (Wildman–Crippen MR) is 113 cm³/mol. The highest BCUT2D eigenvalue weighted by atomic mass is 32.2. The molecule has 1 fully saturated rings. The minimum atomic E-state index is -4.61. The number of aromatic nitrogens is 1. The number of nitrogens with two attached hydrogens (primary N) is 1. The third-order valence-corrected chi connectivity index (χ3v) is 6.61. The topological polar surface area (TPSA) is 89.6 Å². The van der Waals surface area contributed by atoms with Crippen molar-refractivity contribution in [3.05, 3.63) is 59.2 Å². The lowest BCUT2D eigenvalue weighted by Gasteiger charge is -2.37. The molecule has 0 spiro atoms. The maximum atomic E-state index is 15.0. The first-order chi connectivity index (χ1) is 15.8. The molecule has 1 amide bonds. The lowest BCUT2D eigenvalue weighted by Crippen LogP contribution is -2.46. The van der Waals surface area contributed by atoms with Crippen LogP contribution in [-0.4, -0.2) is 40.4 Å². The minimum Gasteiger partial charge on any atom is -0.379 e. The number of thioether (sulfide) groups is 1. The Morgan fingerprint density at radius 2 is 1.97 bits per heavy atom. The normalized spacial score (nSPS) is 25.0. The first-order valence-corrected chi connectivity index (χ1v) is 10.9. The van der Waals surface area contributed by atoms with E-state index in [9.17, 15) is 31.1 Å². The molecule has 0 radical (unpaired) electrons. The van der Waals surface area contributed by atoms with Gasteiger partial charge >= 0.3 is 6.18 Å². The lowest BCUT2D eigenvalue weighted by molar-refractivity contribution is -0.137. The number of hydrogen-bond donors (Lipinski definition) is 2. The molecule has 0 saturated carbocycles. The maximum Gasteiger partial charge on any atom is 0.417 e. The van der Waals surface area contributed by atoms with Crippen molar-refractivity contribution in [2.24, 2.45) is 16.6 Å². The third-order valence-electron chi connectivity index (χ3n) is 5.70. The average Bonchev–Trinajstić information content (AvgIpc) is 3.14. The van der Waals surface area contributed by atoms with Crippen molar-refractivity contribution in [3.63, 3.8) is 0 Å². The van der Waals surface area contributed by atoms with E-state index in [2.05, 4.69) is 15.3 Å². The van der Waals surface area contributed by atoms with E-state index >= 15 is 0 Å². The molecule has 3 N–H and O–H groups in total. The summed E-state index contributed by atoms with van der Waals surface area (Å²) >= 11 is 1.06. The third kappa shape index (κ3) is 4.45. The van der Waals surface area contributed by atoms with Crippen molar-refractivity contribution in [2.75, 3.05) is 17.7 Å². The zero-order chi connectivity index (χ0) is 24.9. The smallest absolute Gasteiger partial charge is 0.379 e. The maximum absolute atomic E-state index is 15.0. The van der Waals surface area contributed by atoms with Crippen LogP contribution >= 0.6 is 11.8 Å². The highest BCUT2D eigenvalue weighted by Gasteiger charge is 2.59. The molecule has 3 atom stereocenters. The molecule has 34 heavy (non-hydrogen) atoms. The van der Waals surface area contributed by atoms with Gasteiger partial charge in [0.2, 0.25) is 0 Å². The number of alkyl halides is 5. The SMILES string of the molecule is CC(F)(F)[C@H]1OC[C@]2(c3cc(NC(=O)c4ccc(C(F)(F)F)cn4)ccc3F)N=C(N)SC[C@H]12. The Morgan fingerprint density at radius 1 is 1.24 bits per heavy atom. The van der Waals surface area contributed by atoms with E-state index in [0.717, 1.165) is 23.9 Å². The van der Waals surface area contributed by atoms with Crippen molar-refractivity contribution in [3.8, 4) is 0 Å². The fourth-order valence-electron chi connectivity index (χ4n) is 4.10. The van der Waals surface area contributed by atoms with Crippen molar-refractivity contribution >= 4 is 28.5 Å². The Morgan fingerprint density at radius 3 is 2.59 bits per heavy atom. The molecule has 1 saturated heterocycles. The van der Waals surface area contributed by atoms with Gasteiger partial charge in [0, 0.05) is 36.0 Å². The molecule has 182 valence electrons.